The predicted octanol–water partition coefficient (Wildman–Crippen LogP) is 1.53. The topological polar surface area (TPSA) is 54.0 Å². The van der Waals surface area contributed by atoms with Crippen LogP contribution in [-0.2, 0) is 17.8 Å². The van der Waals surface area contributed by atoms with Crippen molar-refractivity contribution in [3.05, 3.63) is 66.0 Å². The summed E-state index contributed by atoms with van der Waals surface area (Å²) in [5.41, 5.74) is 2.14. The summed E-state index contributed by atoms with van der Waals surface area (Å²) in [7, 11) is 0. The highest BCUT2D eigenvalue weighted by Crippen LogP contribution is 1.96. The van der Waals surface area contributed by atoms with Gasteiger partial charge in [-0.3, -0.25) is 9.78 Å². The Labute approximate surface area is 119 Å². The summed E-state index contributed by atoms with van der Waals surface area (Å²) in [4.78, 5) is 15.9. The lowest BCUT2D eigenvalue weighted by Crippen LogP contribution is -2.34. The van der Waals surface area contributed by atoms with Crippen LogP contribution >= 0.6 is 0 Å². The molecule has 1 aromatic carbocycles. The van der Waals surface area contributed by atoms with Crippen molar-refractivity contribution >= 4 is 5.91 Å². The molecule has 0 aliphatic heterocycles. The second-order valence-electron chi connectivity index (χ2n) is 4.51. The van der Waals surface area contributed by atoms with E-state index in [-0.39, 0.29) is 5.91 Å². The normalized spacial score (nSPS) is 10.2. The van der Waals surface area contributed by atoms with Crippen molar-refractivity contribution in [2.75, 3.05) is 13.1 Å². The number of benzene rings is 1. The second-order valence-corrected chi connectivity index (χ2v) is 4.51. The van der Waals surface area contributed by atoms with E-state index in [0.717, 1.165) is 24.2 Å². The number of aromatic nitrogens is 1. The van der Waals surface area contributed by atoms with E-state index >= 15 is 0 Å². The maximum absolute atomic E-state index is 11.6. The van der Waals surface area contributed by atoms with Crippen LogP contribution in [0.5, 0.6) is 0 Å². The van der Waals surface area contributed by atoms with Crippen molar-refractivity contribution in [3.63, 3.8) is 0 Å². The molecule has 104 valence electrons. The zero-order valence-corrected chi connectivity index (χ0v) is 11.4. The minimum Gasteiger partial charge on any atom is -0.351 e. The van der Waals surface area contributed by atoms with E-state index in [9.17, 15) is 4.79 Å². The molecule has 20 heavy (non-hydrogen) atoms. The lowest BCUT2D eigenvalue weighted by atomic mass is 10.2. The molecular weight excluding hydrogens is 250 g/mol. The highest BCUT2D eigenvalue weighted by Gasteiger charge is 2.00. The van der Waals surface area contributed by atoms with Gasteiger partial charge < -0.3 is 10.6 Å². The van der Waals surface area contributed by atoms with Crippen LogP contribution in [0.4, 0.5) is 0 Å². The summed E-state index contributed by atoms with van der Waals surface area (Å²) in [5, 5.41) is 6.00. The van der Waals surface area contributed by atoms with Crippen LogP contribution in [0.2, 0.25) is 0 Å². The molecule has 2 rings (SSSR count). The molecule has 0 bridgehead atoms. The van der Waals surface area contributed by atoms with Gasteiger partial charge in [-0.05, 0) is 17.7 Å². The van der Waals surface area contributed by atoms with E-state index in [4.69, 9.17) is 0 Å². The molecule has 4 heteroatoms. The van der Waals surface area contributed by atoms with Crippen molar-refractivity contribution in [1.82, 2.24) is 15.6 Å². The van der Waals surface area contributed by atoms with E-state index < -0.39 is 0 Å². The van der Waals surface area contributed by atoms with Gasteiger partial charge in [-0.15, -0.1) is 0 Å². The number of hydrogen-bond acceptors (Lipinski definition) is 3. The van der Waals surface area contributed by atoms with Gasteiger partial charge in [0.05, 0.1) is 6.54 Å². The van der Waals surface area contributed by atoms with Crippen LogP contribution < -0.4 is 10.6 Å². The van der Waals surface area contributed by atoms with Crippen molar-refractivity contribution in [2.45, 2.75) is 13.0 Å². The molecular formula is C16H19N3O. The minimum atomic E-state index is 0.00914. The number of rotatable bonds is 7. The molecule has 2 aromatic rings. The molecule has 4 nitrogen and oxygen atoms in total. The van der Waals surface area contributed by atoms with Crippen molar-refractivity contribution in [3.8, 4) is 0 Å². The van der Waals surface area contributed by atoms with Crippen LogP contribution in [0, 0.1) is 0 Å². The number of carbonyl (C=O) groups is 1. The Bertz CT molecular complexity index is 514. The minimum absolute atomic E-state index is 0.00914. The lowest BCUT2D eigenvalue weighted by molar-refractivity contribution is -0.120. The van der Waals surface area contributed by atoms with Crippen LogP contribution in [0.15, 0.2) is 54.7 Å². The van der Waals surface area contributed by atoms with Crippen molar-refractivity contribution < 1.29 is 4.79 Å². The number of amides is 1. The number of carbonyl (C=O) groups excluding carboxylic acids is 1. The van der Waals surface area contributed by atoms with E-state index in [1.165, 1.54) is 0 Å². The van der Waals surface area contributed by atoms with Gasteiger partial charge >= 0.3 is 0 Å². The molecule has 0 spiro atoms. The van der Waals surface area contributed by atoms with Crippen LogP contribution in [0.25, 0.3) is 0 Å². The molecule has 0 saturated carbocycles. The number of nitrogens with zero attached hydrogens (tertiary/aromatic N) is 1. The van der Waals surface area contributed by atoms with E-state index in [2.05, 4.69) is 15.6 Å². The molecule has 1 heterocycles. The van der Waals surface area contributed by atoms with Gasteiger partial charge in [0.2, 0.25) is 5.91 Å². The summed E-state index contributed by atoms with van der Waals surface area (Å²) < 4.78 is 0. The molecule has 1 aromatic heterocycles. The molecule has 0 unspecified atom stereocenters. The summed E-state index contributed by atoms with van der Waals surface area (Å²) in [6, 6.07) is 15.7. The third-order valence-electron chi connectivity index (χ3n) is 2.90. The molecule has 0 aliphatic rings. The fourth-order valence-corrected chi connectivity index (χ4v) is 1.82. The summed E-state index contributed by atoms with van der Waals surface area (Å²) in [6.07, 6.45) is 2.61. The molecule has 0 fully saturated rings. The van der Waals surface area contributed by atoms with Gasteiger partial charge in [-0.2, -0.15) is 0 Å². The number of hydrogen-bond donors (Lipinski definition) is 2. The highest BCUT2D eigenvalue weighted by atomic mass is 16.1. The van der Waals surface area contributed by atoms with E-state index in [1.54, 1.807) is 6.20 Å². The van der Waals surface area contributed by atoms with Gasteiger partial charge in [0.25, 0.3) is 0 Å². The highest BCUT2D eigenvalue weighted by molar-refractivity contribution is 5.77. The van der Waals surface area contributed by atoms with Crippen LogP contribution in [-0.4, -0.2) is 24.0 Å². The monoisotopic (exact) mass is 269 g/mol. The van der Waals surface area contributed by atoms with Crippen molar-refractivity contribution in [2.24, 2.45) is 0 Å². The number of nitrogens with one attached hydrogen (secondary N) is 2. The summed E-state index contributed by atoms with van der Waals surface area (Å²) >= 11 is 0. The van der Waals surface area contributed by atoms with Gasteiger partial charge in [0.15, 0.2) is 0 Å². The molecule has 0 radical (unpaired) electrons. The molecule has 2 N–H and O–H groups in total. The molecule has 1 amide bonds. The lowest BCUT2D eigenvalue weighted by Gasteiger charge is -2.06. The summed E-state index contributed by atoms with van der Waals surface area (Å²) in [6.45, 7) is 1.65. The fraction of sp³-hybridized carbons (Fsp3) is 0.250. The Balaban J connectivity index is 1.59. The van der Waals surface area contributed by atoms with Gasteiger partial charge in [-0.1, -0.05) is 36.4 Å². The standard InChI is InChI=1S/C16H19N3O/c20-16(19-12-14-6-2-1-3-7-14)13-17-11-9-15-8-4-5-10-18-15/h1-8,10,17H,9,11-13H2,(H,19,20). The molecule has 0 aliphatic carbocycles. The SMILES string of the molecule is O=C(CNCCc1ccccn1)NCc1ccccc1. The third kappa shape index (κ3) is 5.20. The van der Waals surface area contributed by atoms with Crippen molar-refractivity contribution in [1.29, 1.82) is 0 Å². The first-order valence-corrected chi connectivity index (χ1v) is 6.76. The quantitative estimate of drug-likeness (QED) is 0.750. The van der Waals surface area contributed by atoms with Crippen LogP contribution in [0.3, 0.4) is 0 Å². The Morgan fingerprint density at radius 1 is 1.05 bits per heavy atom. The maximum atomic E-state index is 11.6. The second kappa shape index (κ2) is 8.07. The smallest absolute Gasteiger partial charge is 0.234 e. The largest absolute Gasteiger partial charge is 0.351 e. The Hall–Kier alpha value is -2.20. The molecule has 0 saturated heterocycles. The maximum Gasteiger partial charge on any atom is 0.234 e. The van der Waals surface area contributed by atoms with Gasteiger partial charge in [-0.25, -0.2) is 0 Å². The van der Waals surface area contributed by atoms with Crippen LogP contribution in [0.1, 0.15) is 11.3 Å². The Morgan fingerprint density at radius 2 is 1.85 bits per heavy atom. The van der Waals surface area contributed by atoms with E-state index in [1.807, 2.05) is 48.5 Å². The average molecular weight is 269 g/mol. The zero-order valence-electron chi connectivity index (χ0n) is 11.4. The third-order valence-corrected chi connectivity index (χ3v) is 2.90. The van der Waals surface area contributed by atoms with Gasteiger partial charge in [0, 0.05) is 31.4 Å². The molecule has 0 atom stereocenters. The Kier molecular flexibility index (Phi) is 5.73. The first kappa shape index (κ1) is 14.2. The summed E-state index contributed by atoms with van der Waals surface area (Å²) in [5.74, 6) is 0.00914. The fourth-order valence-electron chi connectivity index (χ4n) is 1.82. The first-order chi connectivity index (χ1) is 9.84. The zero-order chi connectivity index (χ0) is 14.0. The first-order valence-electron chi connectivity index (χ1n) is 6.76. The average Bonchev–Trinajstić information content (AvgIpc) is 2.52. The Morgan fingerprint density at radius 3 is 2.60 bits per heavy atom. The van der Waals surface area contributed by atoms with E-state index in [0.29, 0.717) is 13.1 Å². The number of pyridine rings is 1. The predicted molar refractivity (Wildman–Crippen MR) is 79.1 cm³/mol. The van der Waals surface area contributed by atoms with Gasteiger partial charge in [0.1, 0.15) is 0 Å².